The van der Waals surface area contributed by atoms with E-state index in [2.05, 4.69) is 28.9 Å². The molecular formula is C27H36N2O4S. The quantitative estimate of drug-likeness (QED) is 0.635. The number of nitrogens with zero attached hydrogens (tertiary/aromatic N) is 2. The van der Waals surface area contributed by atoms with Gasteiger partial charge in [0.2, 0.25) is 10.0 Å². The lowest BCUT2D eigenvalue weighted by molar-refractivity contribution is 0.0733. The molecule has 0 fully saturated rings. The number of aliphatic hydroxyl groups is 1. The van der Waals surface area contributed by atoms with Crippen molar-refractivity contribution in [3.05, 3.63) is 59.7 Å². The Balaban J connectivity index is 1.99. The summed E-state index contributed by atoms with van der Waals surface area (Å²) in [6.45, 7) is 9.15. The molecule has 0 saturated carbocycles. The van der Waals surface area contributed by atoms with Gasteiger partial charge in [0, 0.05) is 43.1 Å². The average Bonchev–Trinajstić information content (AvgIpc) is 2.80. The standard InChI is InChI=1S/C27H36N2O4S/c1-20(2)11-12-23-13-14-27-25(15-23)33-26(18-28(5)17-24-9-7-6-8-10-24)21(3)16-29(22(4)19-30)34(27,31)32/h6-10,13-15,20-22,26,30H,16-19H2,1-5H3/t21-,22+,26+/m0/s1. The highest BCUT2D eigenvalue weighted by Crippen LogP contribution is 2.34. The largest absolute Gasteiger partial charge is 0.487 e. The van der Waals surface area contributed by atoms with Crippen LogP contribution in [-0.4, -0.2) is 61.6 Å². The molecule has 3 rings (SSSR count). The van der Waals surface area contributed by atoms with Crippen LogP contribution in [0, 0.1) is 23.7 Å². The highest BCUT2D eigenvalue weighted by Gasteiger charge is 2.38. The molecule has 0 saturated heterocycles. The summed E-state index contributed by atoms with van der Waals surface area (Å²) in [7, 11) is -1.81. The summed E-state index contributed by atoms with van der Waals surface area (Å²) in [4.78, 5) is 2.31. The molecule has 7 heteroatoms. The van der Waals surface area contributed by atoms with Crippen molar-refractivity contribution >= 4 is 10.0 Å². The van der Waals surface area contributed by atoms with Gasteiger partial charge in [0.1, 0.15) is 16.7 Å². The number of likely N-dealkylation sites (N-methyl/N-ethyl adjacent to an activating group) is 1. The fraction of sp³-hybridized carbons (Fsp3) is 0.481. The first-order chi connectivity index (χ1) is 16.1. The summed E-state index contributed by atoms with van der Waals surface area (Å²) in [5.41, 5.74) is 1.92. The van der Waals surface area contributed by atoms with Gasteiger partial charge in [-0.2, -0.15) is 4.31 Å². The second kappa shape index (κ2) is 11.4. The van der Waals surface area contributed by atoms with Gasteiger partial charge >= 0.3 is 0 Å². The Morgan fingerprint density at radius 2 is 1.88 bits per heavy atom. The molecule has 2 aromatic rings. The molecule has 3 atom stereocenters. The molecule has 1 aliphatic heterocycles. The number of sulfonamides is 1. The lowest BCUT2D eigenvalue weighted by Gasteiger charge is -2.37. The fourth-order valence-corrected chi connectivity index (χ4v) is 5.84. The van der Waals surface area contributed by atoms with E-state index >= 15 is 0 Å². The molecule has 1 aliphatic rings. The highest BCUT2D eigenvalue weighted by molar-refractivity contribution is 7.89. The van der Waals surface area contributed by atoms with Gasteiger partial charge < -0.3 is 9.84 Å². The minimum Gasteiger partial charge on any atom is -0.487 e. The minimum atomic E-state index is -3.85. The second-order valence-corrected chi connectivity index (χ2v) is 11.4. The van der Waals surface area contributed by atoms with E-state index in [0.29, 0.717) is 17.9 Å². The first-order valence-corrected chi connectivity index (χ1v) is 13.2. The van der Waals surface area contributed by atoms with Crippen molar-refractivity contribution in [1.82, 2.24) is 9.21 Å². The molecule has 0 aliphatic carbocycles. The Morgan fingerprint density at radius 1 is 1.18 bits per heavy atom. The Labute approximate surface area is 204 Å². The van der Waals surface area contributed by atoms with Crippen LogP contribution in [0.2, 0.25) is 0 Å². The molecule has 34 heavy (non-hydrogen) atoms. The molecule has 184 valence electrons. The second-order valence-electron chi connectivity index (χ2n) is 9.51. The highest BCUT2D eigenvalue weighted by atomic mass is 32.2. The molecule has 1 heterocycles. The molecule has 0 bridgehead atoms. The molecule has 0 spiro atoms. The van der Waals surface area contributed by atoms with E-state index in [1.165, 1.54) is 9.87 Å². The Kier molecular flexibility index (Phi) is 8.78. The third kappa shape index (κ3) is 6.39. The van der Waals surface area contributed by atoms with Crippen LogP contribution in [0.15, 0.2) is 53.4 Å². The van der Waals surface area contributed by atoms with Crippen LogP contribution in [0.25, 0.3) is 0 Å². The summed E-state index contributed by atoms with van der Waals surface area (Å²) in [5, 5.41) is 9.79. The number of ether oxygens (including phenoxy) is 1. The van der Waals surface area contributed by atoms with E-state index < -0.39 is 16.1 Å². The lowest BCUT2D eigenvalue weighted by Crippen LogP contribution is -2.49. The third-order valence-electron chi connectivity index (χ3n) is 5.96. The maximum Gasteiger partial charge on any atom is 0.247 e. The maximum atomic E-state index is 13.6. The normalized spacial score (nSPS) is 21.1. The fourth-order valence-electron chi connectivity index (χ4n) is 4.02. The monoisotopic (exact) mass is 484 g/mol. The van der Waals surface area contributed by atoms with Crippen molar-refractivity contribution in [2.24, 2.45) is 11.8 Å². The average molecular weight is 485 g/mol. The lowest BCUT2D eigenvalue weighted by atomic mass is 10.0. The van der Waals surface area contributed by atoms with Crippen molar-refractivity contribution in [3.8, 4) is 17.6 Å². The zero-order chi connectivity index (χ0) is 24.9. The summed E-state index contributed by atoms with van der Waals surface area (Å²) >= 11 is 0. The van der Waals surface area contributed by atoms with Gasteiger partial charge in [-0.25, -0.2) is 8.42 Å². The first-order valence-electron chi connectivity index (χ1n) is 11.8. The van der Waals surface area contributed by atoms with Crippen LogP contribution in [0.1, 0.15) is 38.8 Å². The van der Waals surface area contributed by atoms with E-state index in [4.69, 9.17) is 4.74 Å². The van der Waals surface area contributed by atoms with Crippen LogP contribution in [0.5, 0.6) is 5.75 Å². The Hall–Kier alpha value is -2.37. The summed E-state index contributed by atoms with van der Waals surface area (Å²) in [5.74, 6) is 6.66. The zero-order valence-corrected chi connectivity index (χ0v) is 21.5. The van der Waals surface area contributed by atoms with E-state index in [0.717, 1.165) is 6.54 Å². The van der Waals surface area contributed by atoms with Crippen molar-refractivity contribution in [2.75, 3.05) is 26.7 Å². The summed E-state index contributed by atoms with van der Waals surface area (Å²) in [6.07, 6.45) is -0.246. The Morgan fingerprint density at radius 3 is 2.53 bits per heavy atom. The van der Waals surface area contributed by atoms with Crippen LogP contribution < -0.4 is 4.74 Å². The number of aliphatic hydroxyl groups excluding tert-OH is 1. The van der Waals surface area contributed by atoms with Crippen LogP contribution in [-0.2, 0) is 16.6 Å². The van der Waals surface area contributed by atoms with Gasteiger partial charge in [-0.05, 0) is 37.7 Å². The van der Waals surface area contributed by atoms with Gasteiger partial charge in [-0.15, -0.1) is 0 Å². The van der Waals surface area contributed by atoms with Gasteiger partial charge in [0.15, 0.2) is 0 Å². The molecule has 2 aromatic carbocycles. The molecule has 0 amide bonds. The summed E-state index contributed by atoms with van der Waals surface area (Å²) < 4.78 is 34.9. The molecule has 0 unspecified atom stereocenters. The van der Waals surface area contributed by atoms with Crippen molar-refractivity contribution in [1.29, 1.82) is 0 Å². The maximum absolute atomic E-state index is 13.6. The van der Waals surface area contributed by atoms with Gasteiger partial charge in [-0.3, -0.25) is 4.90 Å². The number of benzene rings is 2. The van der Waals surface area contributed by atoms with Crippen LogP contribution in [0.4, 0.5) is 0 Å². The van der Waals surface area contributed by atoms with Crippen molar-refractivity contribution in [3.63, 3.8) is 0 Å². The Bertz CT molecular complexity index is 1120. The van der Waals surface area contributed by atoms with Crippen molar-refractivity contribution < 1.29 is 18.3 Å². The number of hydrogen-bond acceptors (Lipinski definition) is 5. The molecule has 0 radical (unpaired) electrons. The minimum absolute atomic E-state index is 0.0967. The van der Waals surface area contributed by atoms with Crippen LogP contribution >= 0.6 is 0 Å². The predicted octanol–water partition coefficient (Wildman–Crippen LogP) is 3.59. The van der Waals surface area contributed by atoms with E-state index in [-0.39, 0.29) is 36.0 Å². The first kappa shape index (κ1) is 26.2. The van der Waals surface area contributed by atoms with E-state index in [1.807, 2.05) is 46.0 Å². The molecule has 0 aromatic heterocycles. The van der Waals surface area contributed by atoms with E-state index in [9.17, 15) is 13.5 Å². The topological polar surface area (TPSA) is 70.1 Å². The third-order valence-corrected chi connectivity index (χ3v) is 7.98. The number of hydrogen-bond donors (Lipinski definition) is 1. The molecular weight excluding hydrogens is 448 g/mol. The van der Waals surface area contributed by atoms with Crippen LogP contribution in [0.3, 0.4) is 0 Å². The molecule has 1 N–H and O–H groups in total. The van der Waals surface area contributed by atoms with Gasteiger partial charge in [0.05, 0.1) is 6.61 Å². The van der Waals surface area contributed by atoms with Crippen molar-refractivity contribution in [2.45, 2.75) is 51.3 Å². The van der Waals surface area contributed by atoms with Gasteiger partial charge in [0.25, 0.3) is 0 Å². The zero-order valence-electron chi connectivity index (χ0n) is 20.7. The number of rotatable bonds is 6. The smallest absolute Gasteiger partial charge is 0.247 e. The molecule has 6 nitrogen and oxygen atoms in total. The van der Waals surface area contributed by atoms with E-state index in [1.54, 1.807) is 25.1 Å². The van der Waals surface area contributed by atoms with Gasteiger partial charge in [-0.1, -0.05) is 62.9 Å². The number of fused-ring (bicyclic) bond motifs is 1. The SMILES string of the molecule is CC(C)C#Cc1ccc2c(c1)O[C@H](CN(C)Cc1ccccc1)[C@@H](C)CN([C@H](C)CO)S2(=O)=O. The summed E-state index contributed by atoms with van der Waals surface area (Å²) in [6, 6.07) is 14.7. The predicted molar refractivity (Wildman–Crippen MR) is 135 cm³/mol.